The van der Waals surface area contributed by atoms with Crippen LogP contribution in [0.25, 0.3) is 0 Å². The van der Waals surface area contributed by atoms with Gasteiger partial charge in [0.2, 0.25) is 5.91 Å². The van der Waals surface area contributed by atoms with E-state index in [2.05, 4.69) is 33.1 Å². The fraction of sp³-hybridized carbons (Fsp3) is 0.957. The molecule has 182 valence electrons. The lowest BCUT2D eigenvalue weighted by molar-refractivity contribution is -0.133. The van der Waals surface area contributed by atoms with Crippen molar-refractivity contribution in [1.82, 2.24) is 31.1 Å². The van der Waals surface area contributed by atoms with E-state index in [1.807, 2.05) is 11.9 Å². The smallest absolute Gasteiger partial charge is 0.239 e. The summed E-state index contributed by atoms with van der Waals surface area (Å²) < 4.78 is 20.7. The van der Waals surface area contributed by atoms with Crippen LogP contribution in [0, 0.1) is 5.92 Å². The van der Waals surface area contributed by atoms with Crippen LogP contribution in [0.4, 0.5) is 4.39 Å². The first kappa shape index (κ1) is 22.9. The van der Waals surface area contributed by atoms with Crippen LogP contribution in [-0.2, 0) is 9.53 Å². The SMILES string of the molecule is CO[C@H]1CN(C)C(=O)[C@@H]2C[C@@H](CN2)NC2CCCC(N2)C2CC(F)CC3NC(C)N(C1)C32. The predicted octanol–water partition coefficient (Wildman–Crippen LogP) is -0.00180. The van der Waals surface area contributed by atoms with Crippen LogP contribution in [-0.4, -0.2) is 104 Å². The summed E-state index contributed by atoms with van der Waals surface area (Å²) in [5.74, 6) is 0.407. The van der Waals surface area contributed by atoms with Crippen molar-refractivity contribution in [3.05, 3.63) is 0 Å². The summed E-state index contributed by atoms with van der Waals surface area (Å²) in [7, 11) is 3.62. The molecule has 4 heterocycles. The van der Waals surface area contributed by atoms with E-state index >= 15 is 0 Å². The molecule has 4 N–H and O–H groups in total. The average molecular weight is 453 g/mol. The van der Waals surface area contributed by atoms with E-state index < -0.39 is 6.17 Å². The second kappa shape index (κ2) is 9.43. The average Bonchev–Trinajstić information content (AvgIpc) is 3.35. The Morgan fingerprint density at radius 2 is 1.91 bits per heavy atom. The van der Waals surface area contributed by atoms with Gasteiger partial charge in [-0.15, -0.1) is 0 Å². The van der Waals surface area contributed by atoms with Crippen LogP contribution in [0.2, 0.25) is 0 Å². The molecule has 5 fully saturated rings. The summed E-state index contributed by atoms with van der Waals surface area (Å²) in [6, 6.07) is 0.889. The predicted molar refractivity (Wildman–Crippen MR) is 121 cm³/mol. The number of ether oxygens (including phenoxy) is 1. The molecule has 10 atom stereocenters. The Bertz CT molecular complexity index is 685. The fourth-order valence-electron chi connectivity index (χ4n) is 7.11. The van der Waals surface area contributed by atoms with Crippen LogP contribution in [0.3, 0.4) is 0 Å². The number of alkyl halides is 1. The Kier molecular flexibility index (Phi) is 6.75. The minimum atomic E-state index is -0.750. The molecule has 5 rings (SSSR count). The van der Waals surface area contributed by atoms with Gasteiger partial charge in [-0.25, -0.2) is 4.39 Å². The summed E-state index contributed by atoms with van der Waals surface area (Å²) in [6.45, 7) is 4.29. The van der Waals surface area contributed by atoms with Gasteiger partial charge in [0.1, 0.15) is 6.17 Å². The number of piperidine rings is 1. The molecule has 7 unspecified atom stereocenters. The standard InChI is InChI=1S/C23H41FN6O2/c1-13-26-19-8-14(24)7-17-18-5-4-6-21(28-18)27-15-9-20(25-10-15)23(31)29(2)11-16(32-3)12-30(13)22(17)19/h13-22,25-28H,4-12H2,1-3H3/t13?,14?,15-,16-,17?,18?,19?,20-,21?,22?/m0/s1. The van der Waals surface area contributed by atoms with Crippen molar-refractivity contribution in [2.24, 2.45) is 5.92 Å². The van der Waals surface area contributed by atoms with Gasteiger partial charge < -0.3 is 15.0 Å². The number of rotatable bonds is 1. The molecule has 1 amide bonds. The first-order valence-corrected chi connectivity index (χ1v) is 12.6. The Morgan fingerprint density at radius 1 is 1.06 bits per heavy atom. The Labute approximate surface area is 191 Å². The molecule has 9 heteroatoms. The molecule has 0 radical (unpaired) electrons. The summed E-state index contributed by atoms with van der Waals surface area (Å²) >= 11 is 0. The van der Waals surface area contributed by atoms with E-state index in [-0.39, 0.29) is 54.4 Å². The number of carbonyl (C=O) groups excluding carboxylic acids is 1. The third kappa shape index (κ3) is 4.44. The molecule has 8 nitrogen and oxygen atoms in total. The minimum Gasteiger partial charge on any atom is -0.378 e. The van der Waals surface area contributed by atoms with Crippen LogP contribution < -0.4 is 21.3 Å². The van der Waals surface area contributed by atoms with E-state index in [0.29, 0.717) is 25.4 Å². The lowest BCUT2D eigenvalue weighted by Gasteiger charge is -2.46. The number of halogens is 1. The zero-order valence-electron chi connectivity index (χ0n) is 19.7. The summed E-state index contributed by atoms with van der Waals surface area (Å²) in [6.07, 6.45) is 4.90. The molecule has 4 aliphatic heterocycles. The number of nitrogens with one attached hydrogen (secondary N) is 4. The van der Waals surface area contributed by atoms with E-state index in [9.17, 15) is 9.18 Å². The first-order chi connectivity index (χ1) is 15.4. The van der Waals surface area contributed by atoms with Gasteiger partial charge >= 0.3 is 0 Å². The zero-order valence-corrected chi connectivity index (χ0v) is 19.7. The van der Waals surface area contributed by atoms with Crippen molar-refractivity contribution >= 4 is 5.91 Å². The van der Waals surface area contributed by atoms with Gasteiger partial charge in [-0.2, -0.15) is 0 Å². The molecular formula is C23H41FN6O2. The van der Waals surface area contributed by atoms with Gasteiger partial charge in [0.15, 0.2) is 0 Å². The molecule has 0 aromatic carbocycles. The second-order valence-corrected chi connectivity index (χ2v) is 10.8. The number of fused-ring (bicyclic) bond motifs is 5. The minimum absolute atomic E-state index is 0.0804. The van der Waals surface area contributed by atoms with Crippen molar-refractivity contribution in [1.29, 1.82) is 0 Å². The van der Waals surface area contributed by atoms with Gasteiger partial charge in [0.25, 0.3) is 0 Å². The molecular weight excluding hydrogens is 411 g/mol. The van der Waals surface area contributed by atoms with Gasteiger partial charge in [0, 0.05) is 58.0 Å². The molecule has 5 aliphatic rings. The number of likely N-dealkylation sites (N-methyl/N-ethyl adjacent to an activating group) is 1. The highest BCUT2D eigenvalue weighted by atomic mass is 19.1. The van der Waals surface area contributed by atoms with Crippen molar-refractivity contribution in [3.8, 4) is 0 Å². The number of amides is 1. The normalized spacial score (nSPS) is 48.2. The highest BCUT2D eigenvalue weighted by Crippen LogP contribution is 2.39. The Hall–Kier alpha value is -0.840. The molecule has 0 aromatic heterocycles. The van der Waals surface area contributed by atoms with Crippen LogP contribution in [0.1, 0.15) is 45.4 Å². The molecule has 4 bridgehead atoms. The summed E-state index contributed by atoms with van der Waals surface area (Å²) in [4.78, 5) is 17.4. The van der Waals surface area contributed by atoms with Gasteiger partial charge in [-0.3, -0.25) is 25.6 Å². The number of hydrogen-bond donors (Lipinski definition) is 4. The van der Waals surface area contributed by atoms with E-state index in [0.717, 1.165) is 38.8 Å². The molecule has 32 heavy (non-hydrogen) atoms. The van der Waals surface area contributed by atoms with E-state index in [1.54, 1.807) is 7.11 Å². The number of hydrogen-bond acceptors (Lipinski definition) is 7. The van der Waals surface area contributed by atoms with Gasteiger partial charge in [-0.05, 0) is 51.4 Å². The maximum atomic E-state index is 14.9. The molecule has 1 saturated carbocycles. The third-order valence-electron chi connectivity index (χ3n) is 8.63. The summed E-state index contributed by atoms with van der Waals surface area (Å²) in [5, 5.41) is 14.7. The second-order valence-electron chi connectivity index (χ2n) is 10.8. The number of methoxy groups -OCH3 is 1. The maximum absolute atomic E-state index is 14.9. The quantitative estimate of drug-likeness (QED) is 0.446. The first-order valence-electron chi connectivity index (χ1n) is 12.6. The molecule has 4 saturated heterocycles. The van der Waals surface area contributed by atoms with Crippen molar-refractivity contribution < 1.29 is 13.9 Å². The summed E-state index contributed by atoms with van der Waals surface area (Å²) in [5.41, 5.74) is 0. The maximum Gasteiger partial charge on any atom is 0.239 e. The third-order valence-corrected chi connectivity index (χ3v) is 8.63. The molecule has 1 aliphatic carbocycles. The van der Waals surface area contributed by atoms with Crippen LogP contribution in [0.5, 0.6) is 0 Å². The van der Waals surface area contributed by atoms with Gasteiger partial charge in [0.05, 0.1) is 24.5 Å². The Morgan fingerprint density at radius 3 is 2.72 bits per heavy atom. The largest absolute Gasteiger partial charge is 0.378 e. The topological polar surface area (TPSA) is 80.9 Å². The zero-order chi connectivity index (χ0) is 22.4. The monoisotopic (exact) mass is 452 g/mol. The number of nitrogens with zero attached hydrogens (tertiary/aromatic N) is 2. The highest BCUT2D eigenvalue weighted by molar-refractivity contribution is 5.82. The van der Waals surface area contributed by atoms with Crippen molar-refractivity contribution in [2.75, 3.05) is 33.8 Å². The number of carbonyl (C=O) groups is 1. The highest BCUT2D eigenvalue weighted by Gasteiger charge is 2.51. The Balaban J connectivity index is 1.44. The van der Waals surface area contributed by atoms with E-state index in [1.165, 1.54) is 0 Å². The lowest BCUT2D eigenvalue weighted by Crippen LogP contribution is -2.61. The van der Waals surface area contributed by atoms with Gasteiger partial charge in [-0.1, -0.05) is 0 Å². The van der Waals surface area contributed by atoms with E-state index in [4.69, 9.17) is 4.74 Å². The van der Waals surface area contributed by atoms with Crippen LogP contribution in [0.15, 0.2) is 0 Å². The lowest BCUT2D eigenvalue weighted by atomic mass is 9.74. The molecule has 0 aromatic rings. The fourth-order valence-corrected chi connectivity index (χ4v) is 7.11. The van der Waals surface area contributed by atoms with Crippen molar-refractivity contribution in [3.63, 3.8) is 0 Å². The van der Waals surface area contributed by atoms with Crippen molar-refractivity contribution in [2.45, 2.75) is 100 Å². The molecule has 0 spiro atoms. The van der Waals surface area contributed by atoms with Crippen LogP contribution >= 0.6 is 0 Å².